The fraction of sp³-hybridized carbons (Fsp3) is 0.367. The summed E-state index contributed by atoms with van der Waals surface area (Å²) in [6.45, 7) is 1.57. The first-order valence-electron chi connectivity index (χ1n) is 13.8. The summed E-state index contributed by atoms with van der Waals surface area (Å²) >= 11 is 0. The van der Waals surface area contributed by atoms with E-state index in [1.165, 1.54) is 14.0 Å². The van der Waals surface area contributed by atoms with Crippen LogP contribution in [0.15, 0.2) is 53.5 Å². The minimum Gasteiger partial charge on any atom is -0.467 e. The van der Waals surface area contributed by atoms with Crippen LogP contribution >= 0.6 is 0 Å². The van der Waals surface area contributed by atoms with Gasteiger partial charge < -0.3 is 37.1 Å². The number of H-pyrrole nitrogens is 1. The van der Waals surface area contributed by atoms with Crippen LogP contribution < -0.4 is 27.4 Å². The van der Waals surface area contributed by atoms with E-state index in [-0.39, 0.29) is 37.7 Å². The number of nitrogens with zero attached hydrogens (tertiary/aromatic N) is 1. The highest BCUT2D eigenvalue weighted by molar-refractivity contribution is 6.07. The Morgan fingerprint density at radius 2 is 1.69 bits per heavy atom. The van der Waals surface area contributed by atoms with Gasteiger partial charge in [0.05, 0.1) is 7.11 Å². The van der Waals surface area contributed by atoms with Crippen molar-refractivity contribution in [3.63, 3.8) is 0 Å². The van der Waals surface area contributed by atoms with Gasteiger partial charge in [-0.3, -0.25) is 19.4 Å². The molecule has 1 unspecified atom stereocenters. The Balaban J connectivity index is 1.72. The van der Waals surface area contributed by atoms with Crippen molar-refractivity contribution in [1.29, 1.82) is 0 Å². The van der Waals surface area contributed by atoms with Crippen molar-refractivity contribution < 1.29 is 23.9 Å². The maximum Gasteiger partial charge on any atom is 0.328 e. The van der Waals surface area contributed by atoms with Gasteiger partial charge in [0.25, 0.3) is 0 Å². The lowest BCUT2D eigenvalue weighted by molar-refractivity contribution is -0.145. The number of amides is 3. The van der Waals surface area contributed by atoms with Crippen molar-refractivity contribution in [1.82, 2.24) is 20.9 Å². The summed E-state index contributed by atoms with van der Waals surface area (Å²) in [5.74, 6) is -2.19. The molecule has 0 saturated heterocycles. The molecule has 12 nitrogen and oxygen atoms in total. The first-order valence-corrected chi connectivity index (χ1v) is 13.8. The molecule has 1 aromatic heterocycles. The largest absolute Gasteiger partial charge is 0.467 e. The molecule has 1 aliphatic heterocycles. The van der Waals surface area contributed by atoms with Crippen molar-refractivity contribution in [3.8, 4) is 0 Å². The summed E-state index contributed by atoms with van der Waals surface area (Å²) in [5, 5.41) is 10.2. The Bertz CT molecular complexity index is 1540. The van der Waals surface area contributed by atoms with E-state index >= 15 is 0 Å². The molecule has 2 aromatic carbocycles. The number of guanidine groups is 1. The number of fused-ring (bicyclic) bond motifs is 2. The molecule has 42 heavy (non-hydrogen) atoms. The molecule has 2 heterocycles. The number of carbonyl (C=O) groups is 4. The highest BCUT2D eigenvalue weighted by Crippen LogP contribution is 2.28. The van der Waals surface area contributed by atoms with Crippen LogP contribution in [0.3, 0.4) is 0 Å². The van der Waals surface area contributed by atoms with Gasteiger partial charge in [-0.1, -0.05) is 24.3 Å². The second-order valence-corrected chi connectivity index (χ2v) is 10.3. The van der Waals surface area contributed by atoms with Crippen LogP contribution in [0.5, 0.6) is 0 Å². The van der Waals surface area contributed by atoms with Crippen LogP contribution in [0.25, 0.3) is 21.8 Å². The lowest BCUT2D eigenvalue weighted by atomic mass is 10.0. The Morgan fingerprint density at radius 3 is 2.36 bits per heavy atom. The number of aromatic nitrogens is 1. The van der Waals surface area contributed by atoms with E-state index in [1.807, 2.05) is 42.5 Å². The van der Waals surface area contributed by atoms with Crippen molar-refractivity contribution in [2.45, 2.75) is 57.2 Å². The summed E-state index contributed by atoms with van der Waals surface area (Å²) in [5.41, 5.74) is 14.7. The number of allylic oxidation sites excluding steroid dienone is 1. The Hall–Kier alpha value is -4.87. The van der Waals surface area contributed by atoms with Gasteiger partial charge in [-0.05, 0) is 61.1 Å². The topological polar surface area (TPSA) is 194 Å². The number of hydrogen-bond acceptors (Lipinski definition) is 6. The monoisotopic (exact) mass is 575 g/mol. The number of methoxy groups -OCH3 is 1. The molecular weight excluding hydrogens is 538 g/mol. The number of nitrogens with one attached hydrogen (secondary N) is 4. The molecule has 3 atom stereocenters. The van der Waals surface area contributed by atoms with Crippen LogP contribution in [0.2, 0.25) is 0 Å². The second kappa shape index (κ2) is 13.7. The van der Waals surface area contributed by atoms with Crippen LogP contribution in [0.4, 0.5) is 0 Å². The molecule has 3 amide bonds. The number of ether oxygens (including phenoxy) is 1. The number of esters is 1. The zero-order valence-corrected chi connectivity index (χ0v) is 23.7. The molecule has 3 aromatic rings. The lowest BCUT2D eigenvalue weighted by Gasteiger charge is -2.24. The van der Waals surface area contributed by atoms with E-state index in [4.69, 9.17) is 16.2 Å². The third-order valence-electron chi connectivity index (χ3n) is 7.13. The van der Waals surface area contributed by atoms with E-state index in [2.05, 4.69) is 32.0 Å². The Morgan fingerprint density at radius 1 is 1.00 bits per heavy atom. The van der Waals surface area contributed by atoms with E-state index < -0.39 is 35.9 Å². The van der Waals surface area contributed by atoms with E-state index in [9.17, 15) is 19.2 Å². The van der Waals surface area contributed by atoms with Gasteiger partial charge in [0.1, 0.15) is 18.1 Å². The number of carbonyl (C=O) groups excluding carboxylic acids is 4. The molecule has 0 saturated carbocycles. The van der Waals surface area contributed by atoms with Gasteiger partial charge in [0.2, 0.25) is 17.7 Å². The number of nitrogens with two attached hydrogens (primary N) is 2. The van der Waals surface area contributed by atoms with Crippen molar-refractivity contribution in [2.75, 3.05) is 13.7 Å². The number of aliphatic imine (C=N–C) groups is 1. The number of hydrogen-bond donors (Lipinski definition) is 6. The molecule has 1 aliphatic rings. The smallest absolute Gasteiger partial charge is 0.328 e. The maximum atomic E-state index is 13.5. The summed E-state index contributed by atoms with van der Waals surface area (Å²) in [4.78, 5) is 58.9. The zero-order valence-electron chi connectivity index (χ0n) is 23.7. The van der Waals surface area contributed by atoms with Gasteiger partial charge in [-0.2, -0.15) is 0 Å². The fourth-order valence-electron chi connectivity index (χ4n) is 5.06. The summed E-state index contributed by atoms with van der Waals surface area (Å²) in [6, 6.07) is 9.10. The predicted molar refractivity (Wildman–Crippen MR) is 160 cm³/mol. The standard InChI is InChI=1S/C30H37N7O5/c1-17(38)34-26-16-19-10-12-23-21(15-19)20-14-18(9-11-22(20)35-23)6-3-4-7-25(29(41)42-2)37-27(39)24(36-28(26)40)8-5-13-33-30(31)32/h3-4,9-12,14-15,24-26,35H,5-8,13,16H2,1-2H3,(H,34,38)(H,36,40)(H,37,39)(H4,31,32,33)/b4-3+/t24-,25+,26?/m0/s1. The Kier molecular flexibility index (Phi) is 9.79. The molecule has 0 aliphatic carbocycles. The number of aromatic amines is 1. The quantitative estimate of drug-likeness (QED) is 0.0831. The third kappa shape index (κ3) is 7.65. The van der Waals surface area contributed by atoms with Crippen molar-refractivity contribution >= 4 is 51.5 Å². The third-order valence-corrected chi connectivity index (χ3v) is 7.13. The van der Waals surface area contributed by atoms with E-state index in [1.54, 1.807) is 0 Å². The van der Waals surface area contributed by atoms with Gasteiger partial charge in [0, 0.05) is 41.7 Å². The zero-order chi connectivity index (χ0) is 30.2. The minimum absolute atomic E-state index is 0.0840. The predicted octanol–water partition coefficient (Wildman–Crippen LogP) is 1.07. The van der Waals surface area contributed by atoms with Gasteiger partial charge >= 0.3 is 5.97 Å². The molecule has 4 bridgehead atoms. The first kappa shape index (κ1) is 30.1. The summed E-state index contributed by atoms with van der Waals surface area (Å²) in [6.07, 6.45) is 5.34. The SMILES string of the molecule is COC(=O)[C@H]1C/C=C/Cc2ccc3[nH]c4ccc(cc4c3c2)CC(NC(C)=O)C(=O)N[C@@H](CCCN=C(N)N)C(=O)N1. The van der Waals surface area contributed by atoms with Crippen LogP contribution in [-0.2, 0) is 36.8 Å². The lowest BCUT2D eigenvalue weighted by Crippen LogP contribution is -2.56. The van der Waals surface area contributed by atoms with Crippen LogP contribution in [0, 0.1) is 0 Å². The molecular formula is C30H37N7O5. The molecule has 0 radical (unpaired) electrons. The van der Waals surface area contributed by atoms with E-state index in [0.29, 0.717) is 12.8 Å². The highest BCUT2D eigenvalue weighted by atomic mass is 16.5. The summed E-state index contributed by atoms with van der Waals surface area (Å²) < 4.78 is 4.92. The van der Waals surface area contributed by atoms with Crippen LogP contribution in [0.1, 0.15) is 37.3 Å². The highest BCUT2D eigenvalue weighted by Gasteiger charge is 2.29. The first-order chi connectivity index (χ1) is 20.1. The second-order valence-electron chi connectivity index (χ2n) is 10.3. The fourth-order valence-corrected chi connectivity index (χ4v) is 5.06. The number of rotatable bonds is 6. The molecule has 12 heteroatoms. The molecule has 222 valence electrons. The normalized spacial score (nSPS) is 20.5. The van der Waals surface area contributed by atoms with Crippen molar-refractivity contribution in [2.24, 2.45) is 16.5 Å². The minimum atomic E-state index is -1.02. The van der Waals surface area contributed by atoms with Gasteiger partial charge in [0.15, 0.2) is 5.96 Å². The molecule has 8 N–H and O–H groups in total. The molecule has 0 spiro atoms. The van der Waals surface area contributed by atoms with Gasteiger partial charge in [-0.25, -0.2) is 4.79 Å². The number of benzene rings is 2. The Labute approximate surface area is 243 Å². The van der Waals surface area contributed by atoms with Crippen LogP contribution in [-0.4, -0.2) is 66.4 Å². The summed E-state index contributed by atoms with van der Waals surface area (Å²) in [7, 11) is 1.25. The maximum absolute atomic E-state index is 13.5. The van der Waals surface area contributed by atoms with E-state index in [0.717, 1.165) is 32.9 Å². The van der Waals surface area contributed by atoms with Gasteiger partial charge in [-0.15, -0.1) is 0 Å². The average molecular weight is 576 g/mol. The average Bonchev–Trinajstić information content (AvgIpc) is 3.31. The molecule has 0 fully saturated rings. The molecule has 4 rings (SSSR count). The van der Waals surface area contributed by atoms with Crippen molar-refractivity contribution in [3.05, 3.63) is 59.7 Å².